The Kier molecular flexibility index (Phi) is 4.97. The van der Waals surface area contributed by atoms with Gasteiger partial charge in [-0.25, -0.2) is 9.78 Å². The Balaban J connectivity index is 1.74. The number of imidazole rings is 1. The van der Waals surface area contributed by atoms with Crippen LogP contribution in [0.1, 0.15) is 30.5 Å². The zero-order valence-corrected chi connectivity index (χ0v) is 15.3. The molecule has 1 fully saturated rings. The SMILES string of the molecule is COc1cc(C)cc(NC(=O)N2CCC(C)C(n3ccnc3)C2)c1C. The largest absolute Gasteiger partial charge is 0.496 e. The minimum Gasteiger partial charge on any atom is -0.496 e. The highest BCUT2D eigenvalue weighted by Crippen LogP contribution is 2.30. The van der Waals surface area contributed by atoms with Gasteiger partial charge in [0.1, 0.15) is 5.75 Å². The van der Waals surface area contributed by atoms with Crippen LogP contribution < -0.4 is 10.1 Å². The van der Waals surface area contributed by atoms with Crippen LogP contribution in [0.5, 0.6) is 5.75 Å². The van der Waals surface area contributed by atoms with E-state index >= 15 is 0 Å². The van der Waals surface area contributed by atoms with Crippen molar-refractivity contribution in [1.82, 2.24) is 14.5 Å². The average Bonchev–Trinajstić information content (AvgIpc) is 3.12. The van der Waals surface area contributed by atoms with E-state index in [1.54, 1.807) is 13.3 Å². The molecule has 1 aliphatic heterocycles. The van der Waals surface area contributed by atoms with Crippen molar-refractivity contribution in [3.8, 4) is 5.75 Å². The van der Waals surface area contributed by atoms with E-state index in [-0.39, 0.29) is 12.1 Å². The lowest BCUT2D eigenvalue weighted by atomic mass is 9.93. The third kappa shape index (κ3) is 3.62. The number of methoxy groups -OCH3 is 1. The van der Waals surface area contributed by atoms with Crippen molar-refractivity contribution in [2.24, 2.45) is 5.92 Å². The molecule has 6 heteroatoms. The number of aryl methyl sites for hydroxylation is 1. The molecule has 0 aliphatic carbocycles. The van der Waals surface area contributed by atoms with Crippen molar-refractivity contribution >= 4 is 11.7 Å². The smallest absolute Gasteiger partial charge is 0.321 e. The molecule has 2 aromatic rings. The average molecular weight is 342 g/mol. The number of anilines is 1. The zero-order valence-electron chi connectivity index (χ0n) is 15.3. The quantitative estimate of drug-likeness (QED) is 0.927. The molecule has 1 N–H and O–H groups in total. The summed E-state index contributed by atoms with van der Waals surface area (Å²) in [6.07, 6.45) is 6.57. The van der Waals surface area contributed by atoms with Crippen molar-refractivity contribution in [3.63, 3.8) is 0 Å². The molecule has 25 heavy (non-hydrogen) atoms. The fraction of sp³-hybridized carbons (Fsp3) is 0.474. The van der Waals surface area contributed by atoms with E-state index in [0.29, 0.717) is 12.5 Å². The maximum atomic E-state index is 12.8. The first-order valence-corrected chi connectivity index (χ1v) is 8.68. The van der Waals surface area contributed by atoms with Gasteiger partial charge in [0.15, 0.2) is 0 Å². The highest BCUT2D eigenvalue weighted by Gasteiger charge is 2.30. The first-order valence-electron chi connectivity index (χ1n) is 8.68. The third-order valence-corrected chi connectivity index (χ3v) is 5.08. The number of carbonyl (C=O) groups excluding carboxylic acids is 1. The number of ether oxygens (including phenoxy) is 1. The number of hydrogen-bond acceptors (Lipinski definition) is 3. The van der Waals surface area contributed by atoms with E-state index in [0.717, 1.165) is 35.5 Å². The number of benzene rings is 1. The van der Waals surface area contributed by atoms with Gasteiger partial charge in [-0.05, 0) is 43.9 Å². The fourth-order valence-electron chi connectivity index (χ4n) is 3.45. The minimum atomic E-state index is -0.0623. The van der Waals surface area contributed by atoms with Gasteiger partial charge in [0.25, 0.3) is 0 Å². The molecule has 2 unspecified atom stereocenters. The molecule has 6 nitrogen and oxygen atoms in total. The summed E-state index contributed by atoms with van der Waals surface area (Å²) in [4.78, 5) is 18.8. The molecule has 2 heterocycles. The van der Waals surface area contributed by atoms with E-state index in [4.69, 9.17) is 4.74 Å². The monoisotopic (exact) mass is 342 g/mol. The summed E-state index contributed by atoms with van der Waals surface area (Å²) in [5.41, 5.74) is 2.80. The van der Waals surface area contributed by atoms with Gasteiger partial charge in [0.2, 0.25) is 0 Å². The number of likely N-dealkylation sites (tertiary alicyclic amines) is 1. The number of carbonyl (C=O) groups is 1. The third-order valence-electron chi connectivity index (χ3n) is 5.08. The molecule has 1 aromatic heterocycles. The number of urea groups is 1. The lowest BCUT2D eigenvalue weighted by Gasteiger charge is -2.37. The van der Waals surface area contributed by atoms with Crippen LogP contribution in [0.2, 0.25) is 0 Å². The molecule has 0 saturated carbocycles. The second-order valence-electron chi connectivity index (χ2n) is 6.86. The molecular weight excluding hydrogens is 316 g/mol. The Morgan fingerprint density at radius 3 is 2.84 bits per heavy atom. The predicted molar refractivity (Wildman–Crippen MR) is 98.1 cm³/mol. The number of nitrogens with zero attached hydrogens (tertiary/aromatic N) is 3. The van der Waals surface area contributed by atoms with E-state index in [9.17, 15) is 4.79 Å². The van der Waals surface area contributed by atoms with Crippen LogP contribution in [0.15, 0.2) is 30.9 Å². The Bertz CT molecular complexity index is 742. The molecule has 0 radical (unpaired) electrons. The van der Waals surface area contributed by atoms with Crippen molar-refractivity contribution in [2.45, 2.75) is 33.2 Å². The summed E-state index contributed by atoms with van der Waals surface area (Å²) < 4.78 is 7.50. The normalized spacial score (nSPS) is 20.4. The van der Waals surface area contributed by atoms with Gasteiger partial charge in [0.05, 0.1) is 19.5 Å². The highest BCUT2D eigenvalue weighted by molar-refractivity contribution is 5.90. The second-order valence-corrected chi connectivity index (χ2v) is 6.86. The number of nitrogens with one attached hydrogen (secondary N) is 1. The second kappa shape index (κ2) is 7.17. The molecule has 0 spiro atoms. The maximum Gasteiger partial charge on any atom is 0.321 e. The lowest BCUT2D eigenvalue weighted by Crippen LogP contribution is -2.45. The van der Waals surface area contributed by atoms with E-state index in [2.05, 4.69) is 21.8 Å². The Hall–Kier alpha value is -2.50. The van der Waals surface area contributed by atoms with Crippen molar-refractivity contribution in [2.75, 3.05) is 25.5 Å². The molecule has 1 saturated heterocycles. The molecular formula is C19H26N4O2. The predicted octanol–water partition coefficient (Wildman–Crippen LogP) is 3.62. The van der Waals surface area contributed by atoms with Gasteiger partial charge < -0.3 is 19.5 Å². The van der Waals surface area contributed by atoms with Crippen LogP contribution in [0, 0.1) is 19.8 Å². The summed E-state index contributed by atoms with van der Waals surface area (Å²) in [6.45, 7) is 7.64. The maximum absolute atomic E-state index is 12.8. The zero-order chi connectivity index (χ0) is 18.0. The van der Waals surface area contributed by atoms with Crippen molar-refractivity contribution < 1.29 is 9.53 Å². The van der Waals surface area contributed by atoms with Gasteiger partial charge in [-0.3, -0.25) is 0 Å². The van der Waals surface area contributed by atoms with Crippen LogP contribution in [-0.4, -0.2) is 40.7 Å². The number of amides is 2. The van der Waals surface area contributed by atoms with Crippen LogP contribution in [-0.2, 0) is 0 Å². The molecule has 1 aromatic carbocycles. The summed E-state index contributed by atoms with van der Waals surface area (Å²) in [5, 5.41) is 3.06. The van der Waals surface area contributed by atoms with Crippen molar-refractivity contribution in [1.29, 1.82) is 0 Å². The van der Waals surface area contributed by atoms with Crippen LogP contribution in [0.4, 0.5) is 10.5 Å². The Labute approximate surface area is 148 Å². The van der Waals surface area contributed by atoms with Gasteiger partial charge in [-0.15, -0.1) is 0 Å². The van der Waals surface area contributed by atoms with Gasteiger partial charge in [0, 0.05) is 36.7 Å². The minimum absolute atomic E-state index is 0.0623. The van der Waals surface area contributed by atoms with Gasteiger partial charge in [-0.1, -0.05) is 6.92 Å². The first kappa shape index (κ1) is 17.3. The van der Waals surface area contributed by atoms with Crippen LogP contribution in [0.3, 0.4) is 0 Å². The summed E-state index contributed by atoms with van der Waals surface area (Å²) in [5.74, 6) is 1.30. The molecule has 2 amide bonds. The van der Waals surface area contributed by atoms with E-state index in [1.165, 1.54) is 0 Å². The highest BCUT2D eigenvalue weighted by atomic mass is 16.5. The Morgan fingerprint density at radius 2 is 2.16 bits per heavy atom. The Morgan fingerprint density at radius 1 is 1.36 bits per heavy atom. The van der Waals surface area contributed by atoms with Crippen molar-refractivity contribution in [3.05, 3.63) is 42.0 Å². The molecule has 2 atom stereocenters. The van der Waals surface area contributed by atoms with E-state index in [1.807, 2.05) is 43.4 Å². The van der Waals surface area contributed by atoms with Crippen LogP contribution in [0.25, 0.3) is 0 Å². The number of aromatic nitrogens is 2. The number of hydrogen-bond donors (Lipinski definition) is 1. The molecule has 134 valence electrons. The molecule has 3 rings (SSSR count). The number of rotatable bonds is 3. The summed E-state index contributed by atoms with van der Waals surface area (Å²) in [6, 6.07) is 4.15. The fourth-order valence-corrected chi connectivity index (χ4v) is 3.45. The topological polar surface area (TPSA) is 59.4 Å². The lowest BCUT2D eigenvalue weighted by molar-refractivity contribution is 0.149. The first-order chi connectivity index (χ1) is 12.0. The van der Waals surface area contributed by atoms with E-state index < -0.39 is 0 Å². The molecule has 1 aliphatic rings. The summed E-state index contributed by atoms with van der Waals surface area (Å²) >= 11 is 0. The summed E-state index contributed by atoms with van der Waals surface area (Å²) in [7, 11) is 1.65. The standard InChI is InChI=1S/C19H26N4O2/c1-13-9-16(15(3)18(10-13)25-4)21-19(24)22-7-5-14(2)17(11-22)23-8-6-20-12-23/h6,8-10,12,14,17H,5,7,11H2,1-4H3,(H,21,24). The number of piperidine rings is 1. The van der Waals surface area contributed by atoms with Gasteiger partial charge in [-0.2, -0.15) is 0 Å². The van der Waals surface area contributed by atoms with Crippen LogP contribution >= 0.6 is 0 Å². The van der Waals surface area contributed by atoms with Gasteiger partial charge >= 0.3 is 6.03 Å². The molecule has 0 bridgehead atoms.